The molecule has 1 aromatic carbocycles. The number of halogens is 1. The van der Waals surface area contributed by atoms with E-state index in [1.807, 2.05) is 0 Å². The third-order valence-corrected chi connectivity index (χ3v) is 2.58. The van der Waals surface area contributed by atoms with Crippen LogP contribution < -0.4 is 10.5 Å². The fourth-order valence-corrected chi connectivity index (χ4v) is 1.95. The number of carbonyl (C=O) groups excluding carboxylic acids is 1. The molecule has 0 aliphatic carbocycles. The maximum absolute atomic E-state index is 11.0. The summed E-state index contributed by atoms with van der Waals surface area (Å²) >= 11 is 3.36. The van der Waals surface area contributed by atoms with Crippen molar-refractivity contribution in [3.8, 4) is 5.75 Å². The van der Waals surface area contributed by atoms with Gasteiger partial charge in [-0.05, 0) is 12.1 Å². The summed E-state index contributed by atoms with van der Waals surface area (Å²) in [6.07, 6.45) is 0. The number of carbonyl (C=O) groups is 1. The number of benzene rings is 1. The second kappa shape index (κ2) is 4.61. The number of nitrogens with two attached hydrogens (primary N) is 1. The van der Waals surface area contributed by atoms with Crippen LogP contribution in [0.25, 0.3) is 0 Å². The van der Waals surface area contributed by atoms with E-state index in [0.717, 1.165) is 0 Å². The number of rotatable bonds is 3. The molecule has 82 valence electrons. The molecule has 7 heteroatoms. The molecule has 1 amide bonds. The van der Waals surface area contributed by atoms with Gasteiger partial charge >= 0.3 is 0 Å². The zero-order chi connectivity index (χ0) is 11.6. The molecule has 0 aromatic heterocycles. The predicted molar refractivity (Wildman–Crippen MR) is 55.6 cm³/mol. The Morgan fingerprint density at radius 1 is 1.60 bits per heavy atom. The van der Waals surface area contributed by atoms with Crippen LogP contribution in [0.3, 0.4) is 0 Å². The van der Waals surface area contributed by atoms with E-state index >= 15 is 0 Å². The first kappa shape index (κ1) is 12.0. The molecule has 0 aliphatic heterocycles. The molecule has 0 radical (unpaired) electrons. The standard InChI is InChI=1S/C8H8ClNO4S/c1-14-7-5(8(10)11)2-4(9)3-6(7)15(12)13/h2-3H,1H3,(H2,10,11)(H,12,13). The van der Waals surface area contributed by atoms with Gasteiger partial charge in [-0.2, -0.15) is 0 Å². The van der Waals surface area contributed by atoms with Gasteiger partial charge in [-0.25, -0.2) is 4.21 Å². The van der Waals surface area contributed by atoms with Crippen LogP contribution in [0.1, 0.15) is 10.4 Å². The Bertz CT molecular complexity index is 400. The van der Waals surface area contributed by atoms with Crippen LogP contribution in [-0.4, -0.2) is 21.8 Å². The molecule has 0 spiro atoms. The number of ether oxygens (including phenoxy) is 1. The fourth-order valence-electron chi connectivity index (χ4n) is 1.09. The minimum atomic E-state index is -2.29. The number of primary amides is 1. The summed E-state index contributed by atoms with van der Waals surface area (Å²) < 4.78 is 24.7. The van der Waals surface area contributed by atoms with E-state index in [1.165, 1.54) is 19.2 Å². The second-order valence-electron chi connectivity index (χ2n) is 2.60. The molecule has 5 nitrogen and oxygen atoms in total. The lowest BCUT2D eigenvalue weighted by molar-refractivity contribution is 0.0997. The van der Waals surface area contributed by atoms with Gasteiger partial charge in [0, 0.05) is 5.02 Å². The largest absolute Gasteiger partial charge is 0.495 e. The molecule has 3 N–H and O–H groups in total. The number of hydrogen-bond acceptors (Lipinski definition) is 3. The summed E-state index contributed by atoms with van der Waals surface area (Å²) in [6.45, 7) is 0. The SMILES string of the molecule is COc1c(C(N)=O)cc(Cl)cc1S(=O)O. The summed E-state index contributed by atoms with van der Waals surface area (Å²) in [5.41, 5.74) is 5.04. The first-order valence-corrected chi connectivity index (χ1v) is 5.24. The molecular weight excluding hydrogens is 242 g/mol. The van der Waals surface area contributed by atoms with Crippen LogP contribution in [0.5, 0.6) is 5.75 Å². The third-order valence-electron chi connectivity index (χ3n) is 1.68. The Balaban J connectivity index is 3.52. The Labute approximate surface area is 93.5 Å². The smallest absolute Gasteiger partial charge is 0.252 e. The molecule has 0 aliphatic rings. The van der Waals surface area contributed by atoms with Crippen molar-refractivity contribution >= 4 is 28.6 Å². The van der Waals surface area contributed by atoms with E-state index in [0.29, 0.717) is 0 Å². The van der Waals surface area contributed by atoms with E-state index in [2.05, 4.69) is 0 Å². The van der Waals surface area contributed by atoms with E-state index < -0.39 is 17.0 Å². The highest BCUT2D eigenvalue weighted by Gasteiger charge is 2.18. The molecule has 0 saturated carbocycles. The molecule has 1 aromatic rings. The van der Waals surface area contributed by atoms with Gasteiger partial charge in [-0.3, -0.25) is 4.79 Å². The Morgan fingerprint density at radius 3 is 2.60 bits per heavy atom. The molecular formula is C8H8ClNO4S. The number of amides is 1. The third kappa shape index (κ3) is 2.47. The van der Waals surface area contributed by atoms with E-state index in [9.17, 15) is 9.00 Å². The predicted octanol–water partition coefficient (Wildman–Crippen LogP) is 1.03. The first-order chi connectivity index (χ1) is 6.97. The van der Waals surface area contributed by atoms with Crippen LogP contribution in [0.2, 0.25) is 5.02 Å². The van der Waals surface area contributed by atoms with Gasteiger partial charge in [-0.1, -0.05) is 11.6 Å². The van der Waals surface area contributed by atoms with Gasteiger partial charge in [-0.15, -0.1) is 0 Å². The maximum atomic E-state index is 11.0. The Kier molecular flexibility index (Phi) is 3.67. The van der Waals surface area contributed by atoms with Gasteiger partial charge in [0.05, 0.1) is 12.7 Å². The second-order valence-corrected chi connectivity index (χ2v) is 3.97. The zero-order valence-corrected chi connectivity index (χ0v) is 9.26. The van der Waals surface area contributed by atoms with Gasteiger partial charge in [0.25, 0.3) is 5.91 Å². The number of methoxy groups -OCH3 is 1. The Hall–Kier alpha value is -1.11. The molecule has 0 saturated heterocycles. The average molecular weight is 250 g/mol. The topological polar surface area (TPSA) is 89.6 Å². The molecule has 0 fully saturated rings. The van der Waals surface area contributed by atoms with Gasteiger partial charge < -0.3 is 15.0 Å². The number of hydrogen-bond donors (Lipinski definition) is 2. The lowest BCUT2D eigenvalue weighted by Gasteiger charge is -2.09. The summed E-state index contributed by atoms with van der Waals surface area (Å²) in [6, 6.07) is 2.52. The van der Waals surface area contributed by atoms with Crippen molar-refractivity contribution in [1.29, 1.82) is 0 Å². The normalized spacial score (nSPS) is 12.2. The van der Waals surface area contributed by atoms with Crippen LogP contribution >= 0.6 is 11.6 Å². The molecule has 1 atom stereocenters. The molecule has 1 unspecified atom stereocenters. The molecule has 15 heavy (non-hydrogen) atoms. The zero-order valence-electron chi connectivity index (χ0n) is 7.69. The fraction of sp³-hybridized carbons (Fsp3) is 0.125. The van der Waals surface area contributed by atoms with Gasteiger partial charge in [0.15, 0.2) is 11.1 Å². The average Bonchev–Trinajstić information content (AvgIpc) is 2.16. The van der Waals surface area contributed by atoms with Crippen molar-refractivity contribution in [3.05, 3.63) is 22.7 Å². The molecule has 0 heterocycles. The summed E-state index contributed by atoms with van der Waals surface area (Å²) in [5.74, 6) is -0.811. The van der Waals surface area contributed by atoms with Crippen molar-refractivity contribution in [3.63, 3.8) is 0 Å². The first-order valence-electron chi connectivity index (χ1n) is 3.75. The maximum Gasteiger partial charge on any atom is 0.252 e. The highest BCUT2D eigenvalue weighted by Crippen LogP contribution is 2.29. The summed E-state index contributed by atoms with van der Waals surface area (Å²) in [5, 5.41) is 0.141. The minimum absolute atomic E-state index is 0.0256. The van der Waals surface area contributed by atoms with Crippen molar-refractivity contribution in [1.82, 2.24) is 0 Å². The lowest BCUT2D eigenvalue weighted by Crippen LogP contribution is -2.13. The molecule has 1 rings (SSSR count). The summed E-state index contributed by atoms with van der Waals surface area (Å²) in [4.78, 5) is 10.9. The van der Waals surface area contributed by atoms with Crippen molar-refractivity contribution in [2.45, 2.75) is 4.90 Å². The van der Waals surface area contributed by atoms with E-state index in [1.54, 1.807) is 0 Å². The van der Waals surface area contributed by atoms with Crippen molar-refractivity contribution in [2.24, 2.45) is 5.73 Å². The van der Waals surface area contributed by atoms with Gasteiger partial charge in [0.1, 0.15) is 10.6 Å². The Morgan fingerprint density at radius 2 is 2.20 bits per heavy atom. The molecule has 0 bridgehead atoms. The van der Waals surface area contributed by atoms with Crippen LogP contribution in [0.4, 0.5) is 0 Å². The van der Waals surface area contributed by atoms with E-state index in [4.69, 9.17) is 26.6 Å². The highest BCUT2D eigenvalue weighted by molar-refractivity contribution is 7.79. The van der Waals surface area contributed by atoms with E-state index in [-0.39, 0.29) is 21.2 Å². The quantitative estimate of drug-likeness (QED) is 0.783. The van der Waals surface area contributed by atoms with Crippen LogP contribution in [-0.2, 0) is 11.1 Å². The van der Waals surface area contributed by atoms with Crippen molar-refractivity contribution in [2.75, 3.05) is 7.11 Å². The lowest BCUT2D eigenvalue weighted by atomic mass is 10.2. The van der Waals surface area contributed by atoms with Crippen molar-refractivity contribution < 1.29 is 18.3 Å². The van der Waals surface area contributed by atoms with Crippen LogP contribution in [0.15, 0.2) is 17.0 Å². The van der Waals surface area contributed by atoms with Crippen LogP contribution in [0, 0.1) is 0 Å². The summed E-state index contributed by atoms with van der Waals surface area (Å²) in [7, 11) is 1.27. The van der Waals surface area contributed by atoms with Gasteiger partial charge in [0.2, 0.25) is 0 Å². The monoisotopic (exact) mass is 249 g/mol. The highest BCUT2D eigenvalue weighted by atomic mass is 35.5. The minimum Gasteiger partial charge on any atom is -0.495 e.